The van der Waals surface area contributed by atoms with Crippen LogP contribution in [0.5, 0.6) is 0 Å². The molecule has 6 nitrogen and oxygen atoms in total. The summed E-state index contributed by atoms with van der Waals surface area (Å²) in [5, 5.41) is 3.47. The predicted molar refractivity (Wildman–Crippen MR) is 110 cm³/mol. The summed E-state index contributed by atoms with van der Waals surface area (Å²) in [6.07, 6.45) is 0. The predicted octanol–water partition coefficient (Wildman–Crippen LogP) is 3.52. The van der Waals surface area contributed by atoms with E-state index in [9.17, 15) is 4.79 Å². The molecule has 2 heterocycles. The molecule has 27 heavy (non-hydrogen) atoms. The van der Waals surface area contributed by atoms with Gasteiger partial charge in [-0.3, -0.25) is 4.79 Å². The number of amides is 1. The molecule has 0 saturated carbocycles. The number of morpholine rings is 1. The van der Waals surface area contributed by atoms with Crippen molar-refractivity contribution in [3.8, 4) is 0 Å². The molecule has 0 aliphatic carbocycles. The molecule has 2 N–H and O–H groups in total. The highest BCUT2D eigenvalue weighted by molar-refractivity contribution is 8.00. The number of carbonyl (C=O) groups is 1. The van der Waals surface area contributed by atoms with Crippen LogP contribution in [0.25, 0.3) is 11.0 Å². The Morgan fingerprint density at radius 3 is 2.67 bits per heavy atom. The van der Waals surface area contributed by atoms with Gasteiger partial charge >= 0.3 is 0 Å². The average molecular weight is 382 g/mol. The molecule has 0 bridgehead atoms. The van der Waals surface area contributed by atoms with E-state index in [0.29, 0.717) is 0 Å². The zero-order chi connectivity index (χ0) is 18.6. The molecular formula is C20H22N4O2S. The molecule has 1 fully saturated rings. The number of aromatic nitrogens is 2. The average Bonchev–Trinajstić information content (AvgIpc) is 3.11. The van der Waals surface area contributed by atoms with Gasteiger partial charge in [0.05, 0.1) is 29.5 Å². The summed E-state index contributed by atoms with van der Waals surface area (Å²) in [5.41, 5.74) is 3.84. The number of benzene rings is 2. The quantitative estimate of drug-likeness (QED) is 0.661. The van der Waals surface area contributed by atoms with Crippen molar-refractivity contribution in [2.45, 2.75) is 17.3 Å². The highest BCUT2D eigenvalue weighted by atomic mass is 32.2. The Labute approximate surface area is 162 Å². The molecule has 4 rings (SSSR count). The molecule has 1 aliphatic heterocycles. The van der Waals surface area contributed by atoms with Gasteiger partial charge in [-0.2, -0.15) is 0 Å². The SMILES string of the molecule is CC(Sc1nc2ccccc2[nH]1)C(=O)Nc1ccc(N2CCOCC2)cc1. The molecular weight excluding hydrogens is 360 g/mol. The van der Waals surface area contributed by atoms with Crippen LogP contribution in [0.1, 0.15) is 6.92 Å². The second kappa shape index (κ2) is 8.02. The molecule has 140 valence electrons. The number of fused-ring (bicyclic) bond motifs is 1. The van der Waals surface area contributed by atoms with Crippen molar-refractivity contribution in [2.75, 3.05) is 36.5 Å². The van der Waals surface area contributed by atoms with Crippen LogP contribution >= 0.6 is 11.8 Å². The lowest BCUT2D eigenvalue weighted by molar-refractivity contribution is -0.115. The summed E-state index contributed by atoms with van der Waals surface area (Å²) in [7, 11) is 0. The molecule has 1 aliphatic rings. The number of hydrogen-bond donors (Lipinski definition) is 2. The van der Waals surface area contributed by atoms with Gasteiger partial charge in [-0.15, -0.1) is 0 Å². The van der Waals surface area contributed by atoms with Gasteiger partial charge in [-0.05, 0) is 43.3 Å². The highest BCUT2D eigenvalue weighted by Crippen LogP contribution is 2.25. The summed E-state index contributed by atoms with van der Waals surface area (Å²) >= 11 is 1.42. The third-order valence-corrected chi connectivity index (χ3v) is 5.52. The number of aromatic amines is 1. The number of ether oxygens (including phenoxy) is 1. The van der Waals surface area contributed by atoms with Gasteiger partial charge in [0.15, 0.2) is 5.16 Å². The number of anilines is 2. The first-order valence-corrected chi connectivity index (χ1v) is 9.92. The Morgan fingerprint density at radius 1 is 1.19 bits per heavy atom. The van der Waals surface area contributed by atoms with Crippen molar-refractivity contribution in [1.29, 1.82) is 0 Å². The third kappa shape index (κ3) is 4.26. The van der Waals surface area contributed by atoms with Crippen LogP contribution in [-0.2, 0) is 9.53 Å². The molecule has 3 aromatic rings. The third-order valence-electron chi connectivity index (χ3n) is 4.54. The molecule has 1 amide bonds. The zero-order valence-electron chi connectivity index (χ0n) is 15.1. The molecule has 0 spiro atoms. The van der Waals surface area contributed by atoms with E-state index in [4.69, 9.17) is 4.74 Å². The van der Waals surface area contributed by atoms with Gasteiger partial charge in [0, 0.05) is 24.5 Å². The largest absolute Gasteiger partial charge is 0.378 e. The number of H-pyrrole nitrogens is 1. The Morgan fingerprint density at radius 2 is 1.93 bits per heavy atom. The fraction of sp³-hybridized carbons (Fsp3) is 0.300. The molecule has 1 saturated heterocycles. The minimum Gasteiger partial charge on any atom is -0.378 e. The first-order valence-electron chi connectivity index (χ1n) is 9.04. The monoisotopic (exact) mass is 382 g/mol. The van der Waals surface area contributed by atoms with Crippen molar-refractivity contribution in [3.05, 3.63) is 48.5 Å². The topological polar surface area (TPSA) is 70.2 Å². The van der Waals surface area contributed by atoms with Crippen LogP contribution in [0.3, 0.4) is 0 Å². The smallest absolute Gasteiger partial charge is 0.237 e. The van der Waals surface area contributed by atoms with Gasteiger partial charge in [-0.1, -0.05) is 23.9 Å². The van der Waals surface area contributed by atoms with E-state index in [-0.39, 0.29) is 11.2 Å². The maximum atomic E-state index is 12.5. The molecule has 1 aromatic heterocycles. The van der Waals surface area contributed by atoms with Crippen molar-refractivity contribution in [1.82, 2.24) is 9.97 Å². The summed E-state index contributed by atoms with van der Waals surface area (Å²) in [6, 6.07) is 15.8. The van der Waals surface area contributed by atoms with E-state index >= 15 is 0 Å². The van der Waals surface area contributed by atoms with Crippen LogP contribution in [0, 0.1) is 0 Å². The van der Waals surface area contributed by atoms with E-state index in [2.05, 4.69) is 20.2 Å². The number of hydrogen-bond acceptors (Lipinski definition) is 5. The standard InChI is InChI=1S/C20H22N4O2S/c1-14(27-20-22-17-4-2-3-5-18(17)23-20)19(25)21-15-6-8-16(9-7-15)24-10-12-26-13-11-24/h2-9,14H,10-13H2,1H3,(H,21,25)(H,22,23). The number of thioether (sulfide) groups is 1. The minimum absolute atomic E-state index is 0.0421. The van der Waals surface area contributed by atoms with Crippen LogP contribution < -0.4 is 10.2 Å². The number of para-hydroxylation sites is 2. The number of nitrogens with zero attached hydrogens (tertiary/aromatic N) is 2. The zero-order valence-corrected chi connectivity index (χ0v) is 16.0. The van der Waals surface area contributed by atoms with E-state index in [0.717, 1.165) is 53.9 Å². The van der Waals surface area contributed by atoms with Gasteiger partial charge in [0.2, 0.25) is 5.91 Å². The number of rotatable bonds is 5. The molecule has 7 heteroatoms. The lowest BCUT2D eigenvalue weighted by Crippen LogP contribution is -2.36. The highest BCUT2D eigenvalue weighted by Gasteiger charge is 2.17. The fourth-order valence-corrected chi connectivity index (χ4v) is 3.85. The Balaban J connectivity index is 1.36. The van der Waals surface area contributed by atoms with E-state index < -0.39 is 0 Å². The summed E-state index contributed by atoms with van der Waals surface area (Å²) in [4.78, 5) is 22.6. The Bertz CT molecular complexity index is 886. The van der Waals surface area contributed by atoms with Gasteiger partial charge < -0.3 is 19.9 Å². The van der Waals surface area contributed by atoms with Crippen LogP contribution in [0.4, 0.5) is 11.4 Å². The lowest BCUT2D eigenvalue weighted by atomic mass is 10.2. The van der Waals surface area contributed by atoms with Crippen molar-refractivity contribution < 1.29 is 9.53 Å². The Hall–Kier alpha value is -2.51. The van der Waals surface area contributed by atoms with Gasteiger partial charge in [-0.25, -0.2) is 4.98 Å². The number of carbonyl (C=O) groups excluding carboxylic acids is 1. The maximum absolute atomic E-state index is 12.5. The number of nitrogens with one attached hydrogen (secondary N) is 2. The first-order chi connectivity index (χ1) is 13.2. The molecule has 2 aromatic carbocycles. The normalized spacial score (nSPS) is 15.7. The van der Waals surface area contributed by atoms with Crippen molar-refractivity contribution >= 4 is 40.1 Å². The van der Waals surface area contributed by atoms with E-state index in [1.165, 1.54) is 11.8 Å². The second-order valence-corrected chi connectivity index (χ2v) is 7.78. The Kier molecular flexibility index (Phi) is 5.31. The molecule has 1 unspecified atom stereocenters. The fourth-order valence-electron chi connectivity index (χ4n) is 3.03. The van der Waals surface area contributed by atoms with Crippen LogP contribution in [-0.4, -0.2) is 47.4 Å². The number of imidazole rings is 1. The van der Waals surface area contributed by atoms with Gasteiger partial charge in [0.25, 0.3) is 0 Å². The molecule has 0 radical (unpaired) electrons. The molecule has 1 atom stereocenters. The van der Waals surface area contributed by atoms with Crippen LogP contribution in [0.15, 0.2) is 53.7 Å². The second-order valence-electron chi connectivity index (χ2n) is 6.45. The maximum Gasteiger partial charge on any atom is 0.237 e. The summed E-state index contributed by atoms with van der Waals surface area (Å²) < 4.78 is 5.38. The summed E-state index contributed by atoms with van der Waals surface area (Å²) in [6.45, 7) is 5.20. The van der Waals surface area contributed by atoms with Gasteiger partial charge in [0.1, 0.15) is 0 Å². The first kappa shape index (κ1) is 17.9. The van der Waals surface area contributed by atoms with E-state index in [1.807, 2.05) is 55.5 Å². The van der Waals surface area contributed by atoms with Crippen LogP contribution in [0.2, 0.25) is 0 Å². The van der Waals surface area contributed by atoms with Crippen molar-refractivity contribution in [2.24, 2.45) is 0 Å². The lowest BCUT2D eigenvalue weighted by Gasteiger charge is -2.28. The van der Waals surface area contributed by atoms with E-state index in [1.54, 1.807) is 0 Å². The van der Waals surface area contributed by atoms with Crippen molar-refractivity contribution in [3.63, 3.8) is 0 Å². The minimum atomic E-state index is -0.260. The summed E-state index contributed by atoms with van der Waals surface area (Å²) in [5.74, 6) is -0.0421.